The normalized spacial score (nSPS) is 16.4. The molecule has 0 spiro atoms. The second-order valence-electron chi connectivity index (χ2n) is 8.35. The van der Waals surface area contributed by atoms with Gasteiger partial charge in [0.25, 0.3) is 0 Å². The van der Waals surface area contributed by atoms with Crippen LogP contribution in [-0.2, 0) is 11.2 Å². The molecule has 3 rings (SSSR count). The molecule has 0 saturated heterocycles. The smallest absolute Gasteiger partial charge is 0.408 e. The van der Waals surface area contributed by atoms with Gasteiger partial charge in [0.15, 0.2) is 0 Å². The van der Waals surface area contributed by atoms with Crippen LogP contribution in [0.2, 0.25) is 0 Å². The first kappa shape index (κ1) is 21.1. The minimum atomic E-state index is -0.631. The van der Waals surface area contributed by atoms with Crippen molar-refractivity contribution in [1.82, 2.24) is 5.32 Å². The van der Waals surface area contributed by atoms with Crippen molar-refractivity contribution < 1.29 is 9.53 Å². The zero-order valence-electron chi connectivity index (χ0n) is 17.5. The molecule has 0 heterocycles. The molecule has 30 heavy (non-hydrogen) atoms. The maximum absolute atomic E-state index is 12.7. The number of rotatable bonds is 3. The van der Waals surface area contributed by atoms with Crippen LogP contribution in [-0.4, -0.2) is 11.7 Å². The predicted molar refractivity (Wildman–Crippen MR) is 115 cm³/mol. The average Bonchev–Trinajstić information content (AvgIpc) is 2.72. The van der Waals surface area contributed by atoms with Crippen LogP contribution in [0, 0.1) is 28.6 Å². The Morgan fingerprint density at radius 3 is 2.33 bits per heavy atom. The highest BCUT2D eigenvalue weighted by Gasteiger charge is 2.35. The molecule has 5 nitrogen and oxygen atoms in total. The van der Waals surface area contributed by atoms with Gasteiger partial charge in [0.05, 0.1) is 6.04 Å². The van der Waals surface area contributed by atoms with Gasteiger partial charge in [-0.25, -0.2) is 4.79 Å². The van der Waals surface area contributed by atoms with E-state index in [2.05, 4.69) is 17.5 Å². The standard InChI is InChI=1S/C25H25N3O2/c1-25(2,3)30-24(29)28-23(18-10-5-4-6-11-18)21-14-13-17-9-7-8-12-20(17)22(21)19(15-26)16-27/h4-12,21,23H,13-14H2,1-3H3,(H,28,29)/t21-,23-/m0/s1. The van der Waals surface area contributed by atoms with Gasteiger partial charge in [-0.3, -0.25) is 0 Å². The van der Waals surface area contributed by atoms with Crippen molar-refractivity contribution in [2.24, 2.45) is 5.92 Å². The third kappa shape index (κ3) is 4.70. The van der Waals surface area contributed by atoms with E-state index in [-0.39, 0.29) is 11.5 Å². The molecular weight excluding hydrogens is 374 g/mol. The molecule has 0 aromatic heterocycles. The zero-order chi connectivity index (χ0) is 21.7. The summed E-state index contributed by atoms with van der Waals surface area (Å²) in [7, 11) is 0. The van der Waals surface area contributed by atoms with Crippen LogP contribution in [0.1, 0.15) is 49.9 Å². The Morgan fingerprint density at radius 2 is 1.70 bits per heavy atom. The predicted octanol–water partition coefficient (Wildman–Crippen LogP) is 5.32. The van der Waals surface area contributed by atoms with Crippen molar-refractivity contribution in [2.45, 2.75) is 45.3 Å². The number of carbonyl (C=O) groups is 1. The van der Waals surface area contributed by atoms with Crippen molar-refractivity contribution in [3.05, 3.63) is 76.9 Å². The van der Waals surface area contributed by atoms with Gasteiger partial charge in [0.2, 0.25) is 0 Å². The van der Waals surface area contributed by atoms with Gasteiger partial charge in [-0.1, -0.05) is 54.6 Å². The van der Waals surface area contributed by atoms with E-state index in [1.165, 1.54) is 0 Å². The number of hydrogen-bond donors (Lipinski definition) is 1. The van der Waals surface area contributed by atoms with Crippen LogP contribution in [0.3, 0.4) is 0 Å². The van der Waals surface area contributed by atoms with Gasteiger partial charge >= 0.3 is 6.09 Å². The first-order valence-electron chi connectivity index (χ1n) is 10.0. The number of hydrogen-bond acceptors (Lipinski definition) is 4. The Balaban J connectivity index is 2.10. The molecule has 152 valence electrons. The number of aryl methyl sites for hydroxylation is 1. The van der Waals surface area contributed by atoms with E-state index in [1.807, 2.05) is 75.4 Å². The summed E-state index contributed by atoms with van der Waals surface area (Å²) in [4.78, 5) is 12.7. The van der Waals surface area contributed by atoms with Crippen molar-refractivity contribution >= 4 is 11.7 Å². The number of allylic oxidation sites excluding steroid dienone is 1. The quantitative estimate of drug-likeness (QED) is 0.708. The van der Waals surface area contributed by atoms with E-state index in [9.17, 15) is 15.3 Å². The highest BCUT2D eigenvalue weighted by molar-refractivity contribution is 5.81. The highest BCUT2D eigenvalue weighted by atomic mass is 16.6. The number of nitrogens with one attached hydrogen (secondary N) is 1. The maximum atomic E-state index is 12.7. The molecule has 0 unspecified atom stereocenters. The van der Waals surface area contributed by atoms with E-state index < -0.39 is 17.7 Å². The van der Waals surface area contributed by atoms with Crippen molar-refractivity contribution in [2.75, 3.05) is 0 Å². The summed E-state index contributed by atoms with van der Waals surface area (Å²) >= 11 is 0. The number of benzene rings is 2. The fourth-order valence-corrected chi connectivity index (χ4v) is 3.97. The summed E-state index contributed by atoms with van der Waals surface area (Å²) in [5.41, 5.74) is 3.05. The topological polar surface area (TPSA) is 85.9 Å². The summed E-state index contributed by atoms with van der Waals surface area (Å²) in [5.74, 6) is -0.232. The third-order valence-electron chi connectivity index (χ3n) is 5.13. The largest absolute Gasteiger partial charge is 0.444 e. The number of alkyl carbamates (subject to hydrolysis) is 1. The monoisotopic (exact) mass is 399 g/mol. The second-order valence-corrected chi connectivity index (χ2v) is 8.35. The molecular formula is C25H25N3O2. The van der Waals surface area contributed by atoms with E-state index in [4.69, 9.17) is 4.74 Å². The van der Waals surface area contributed by atoms with Crippen molar-refractivity contribution in [1.29, 1.82) is 10.5 Å². The van der Waals surface area contributed by atoms with Gasteiger partial charge in [-0.15, -0.1) is 0 Å². The summed E-state index contributed by atoms with van der Waals surface area (Å²) in [6.07, 6.45) is 0.979. The minimum absolute atomic E-state index is 0.0825. The SMILES string of the molecule is CC(C)(C)OC(=O)N[C@@H](c1ccccc1)[C@H]1CCc2ccccc2C1=C(C#N)C#N. The van der Waals surface area contributed by atoms with Gasteiger partial charge in [0.1, 0.15) is 23.3 Å². The number of nitrogens with zero attached hydrogens (tertiary/aromatic N) is 2. The molecule has 2 atom stereocenters. The number of amides is 1. The minimum Gasteiger partial charge on any atom is -0.444 e. The van der Waals surface area contributed by atoms with Crippen LogP contribution >= 0.6 is 0 Å². The molecule has 1 amide bonds. The average molecular weight is 399 g/mol. The summed E-state index contributed by atoms with van der Waals surface area (Å²) in [6, 6.07) is 21.2. The molecule has 2 aromatic rings. The Morgan fingerprint density at radius 1 is 1.07 bits per heavy atom. The number of nitriles is 2. The number of fused-ring (bicyclic) bond motifs is 1. The maximum Gasteiger partial charge on any atom is 0.408 e. The molecule has 1 N–H and O–H groups in total. The molecule has 0 fully saturated rings. The Bertz CT molecular complexity index is 1020. The number of ether oxygens (including phenoxy) is 1. The second kappa shape index (κ2) is 8.84. The van der Waals surface area contributed by atoms with E-state index >= 15 is 0 Å². The molecule has 0 radical (unpaired) electrons. The van der Waals surface area contributed by atoms with Gasteiger partial charge in [-0.2, -0.15) is 10.5 Å². The fraction of sp³-hybridized carbons (Fsp3) is 0.320. The fourth-order valence-electron chi connectivity index (χ4n) is 3.97. The van der Waals surface area contributed by atoms with Gasteiger partial charge in [-0.05, 0) is 55.9 Å². The van der Waals surface area contributed by atoms with Gasteiger partial charge in [0, 0.05) is 5.92 Å². The lowest BCUT2D eigenvalue weighted by molar-refractivity contribution is 0.0491. The lowest BCUT2D eigenvalue weighted by Gasteiger charge is -2.35. The van der Waals surface area contributed by atoms with E-state index in [0.29, 0.717) is 12.0 Å². The van der Waals surface area contributed by atoms with Gasteiger partial charge < -0.3 is 10.1 Å². The summed E-state index contributed by atoms with van der Waals surface area (Å²) < 4.78 is 5.50. The first-order chi connectivity index (χ1) is 14.3. The molecule has 2 aromatic carbocycles. The lowest BCUT2D eigenvalue weighted by Crippen LogP contribution is -2.39. The van der Waals surface area contributed by atoms with Crippen LogP contribution < -0.4 is 5.32 Å². The third-order valence-corrected chi connectivity index (χ3v) is 5.13. The van der Waals surface area contributed by atoms with Crippen LogP contribution in [0.25, 0.3) is 5.57 Å². The Kier molecular flexibility index (Phi) is 6.23. The molecule has 0 aliphatic heterocycles. The lowest BCUT2D eigenvalue weighted by atomic mass is 9.72. The summed E-state index contributed by atoms with van der Waals surface area (Å²) in [5, 5.41) is 22.3. The zero-order valence-corrected chi connectivity index (χ0v) is 17.5. The highest BCUT2D eigenvalue weighted by Crippen LogP contribution is 2.43. The molecule has 5 heteroatoms. The van der Waals surface area contributed by atoms with Crippen molar-refractivity contribution in [3.63, 3.8) is 0 Å². The van der Waals surface area contributed by atoms with Crippen LogP contribution in [0.15, 0.2) is 60.2 Å². The van der Waals surface area contributed by atoms with Crippen molar-refractivity contribution in [3.8, 4) is 12.1 Å². The molecule has 1 aliphatic carbocycles. The molecule has 1 aliphatic rings. The van der Waals surface area contributed by atoms with Crippen LogP contribution in [0.4, 0.5) is 4.79 Å². The first-order valence-corrected chi connectivity index (χ1v) is 10.0. The van der Waals surface area contributed by atoms with E-state index in [1.54, 1.807) is 0 Å². The Hall–Kier alpha value is -3.57. The number of carbonyl (C=O) groups excluding carboxylic acids is 1. The molecule has 0 bridgehead atoms. The Labute approximate surface area is 177 Å². The van der Waals surface area contributed by atoms with E-state index in [0.717, 1.165) is 23.1 Å². The summed E-state index contributed by atoms with van der Waals surface area (Å²) in [6.45, 7) is 5.45. The van der Waals surface area contributed by atoms with Crippen LogP contribution in [0.5, 0.6) is 0 Å². The molecule has 0 saturated carbocycles.